The molecule has 1 N–H and O–H groups in total. The number of rotatable bonds is 7. The third-order valence-corrected chi connectivity index (χ3v) is 3.88. The second-order valence-corrected chi connectivity index (χ2v) is 6.12. The van der Waals surface area contributed by atoms with Gasteiger partial charge in [-0.15, -0.1) is 0 Å². The zero-order chi connectivity index (χ0) is 18.2. The number of benzene rings is 1. The van der Waals surface area contributed by atoms with Crippen molar-refractivity contribution < 1.29 is 19.1 Å². The van der Waals surface area contributed by atoms with E-state index in [1.54, 1.807) is 44.5 Å². The van der Waals surface area contributed by atoms with Crippen LogP contribution < -0.4 is 10.1 Å². The van der Waals surface area contributed by atoms with Gasteiger partial charge in [0.05, 0.1) is 31.7 Å². The number of hydrogen-bond donors (Lipinski definition) is 1. The van der Waals surface area contributed by atoms with Gasteiger partial charge in [-0.3, -0.25) is 14.6 Å². The lowest BCUT2D eigenvalue weighted by Gasteiger charge is -2.19. The summed E-state index contributed by atoms with van der Waals surface area (Å²) in [5, 5.41) is 2.86. The van der Waals surface area contributed by atoms with Crippen molar-refractivity contribution in [2.24, 2.45) is 0 Å². The van der Waals surface area contributed by atoms with E-state index in [4.69, 9.17) is 9.47 Å². The predicted octanol–water partition coefficient (Wildman–Crippen LogP) is 3.28. The van der Waals surface area contributed by atoms with Gasteiger partial charge in [0.25, 0.3) is 5.91 Å². The first-order valence-electron chi connectivity index (χ1n) is 7.74. The van der Waals surface area contributed by atoms with Crippen molar-refractivity contribution in [3.05, 3.63) is 58.3 Å². The summed E-state index contributed by atoms with van der Waals surface area (Å²) in [5.74, 6) is -0.0707. The van der Waals surface area contributed by atoms with Crippen LogP contribution in [0, 0.1) is 0 Å². The van der Waals surface area contributed by atoms with E-state index in [1.165, 1.54) is 6.20 Å². The highest BCUT2D eigenvalue weighted by molar-refractivity contribution is 9.10. The highest BCUT2D eigenvalue weighted by Gasteiger charge is 2.21. The Kier molecular flexibility index (Phi) is 6.94. The van der Waals surface area contributed by atoms with Gasteiger partial charge >= 0.3 is 5.97 Å². The number of nitrogens with zero attached hydrogens (tertiary/aromatic N) is 1. The Morgan fingerprint density at radius 2 is 2.08 bits per heavy atom. The van der Waals surface area contributed by atoms with Crippen LogP contribution in [-0.4, -0.2) is 30.6 Å². The molecule has 25 heavy (non-hydrogen) atoms. The van der Waals surface area contributed by atoms with E-state index in [0.29, 0.717) is 15.8 Å². The molecule has 132 valence electrons. The summed E-state index contributed by atoms with van der Waals surface area (Å²) in [5.41, 5.74) is 1.15. The lowest BCUT2D eigenvalue weighted by molar-refractivity contribution is -0.143. The monoisotopic (exact) mass is 406 g/mol. The van der Waals surface area contributed by atoms with Crippen molar-refractivity contribution in [2.75, 3.05) is 13.7 Å². The molecule has 1 unspecified atom stereocenters. The molecule has 1 aromatic carbocycles. The Bertz CT molecular complexity index is 751. The first-order chi connectivity index (χ1) is 12.0. The number of carbonyl (C=O) groups excluding carboxylic acids is 2. The zero-order valence-corrected chi connectivity index (χ0v) is 15.6. The highest BCUT2D eigenvalue weighted by atomic mass is 79.9. The van der Waals surface area contributed by atoms with Gasteiger partial charge in [-0.05, 0) is 46.6 Å². The standard InChI is InChI=1S/C18H19BrN2O4/c1-3-25-17(22)9-16(12-5-4-6-15(8-12)24-2)21-18(23)13-7-14(19)11-20-10-13/h4-8,10-11,16H,3,9H2,1-2H3,(H,21,23). The second-order valence-electron chi connectivity index (χ2n) is 5.20. The molecule has 0 bridgehead atoms. The zero-order valence-electron chi connectivity index (χ0n) is 14.0. The molecule has 0 saturated heterocycles. The van der Waals surface area contributed by atoms with Crippen LogP contribution in [0.2, 0.25) is 0 Å². The van der Waals surface area contributed by atoms with Crippen LogP contribution in [0.15, 0.2) is 47.2 Å². The number of ether oxygens (including phenoxy) is 2. The van der Waals surface area contributed by atoms with Crippen molar-refractivity contribution in [1.29, 1.82) is 0 Å². The van der Waals surface area contributed by atoms with Crippen molar-refractivity contribution in [3.63, 3.8) is 0 Å². The minimum absolute atomic E-state index is 0.0220. The first kappa shape index (κ1) is 18.9. The van der Waals surface area contributed by atoms with E-state index in [0.717, 1.165) is 5.56 Å². The van der Waals surface area contributed by atoms with Gasteiger partial charge in [0, 0.05) is 16.9 Å². The molecule has 1 atom stereocenters. The molecule has 0 spiro atoms. The molecule has 2 rings (SSSR count). The lowest BCUT2D eigenvalue weighted by Crippen LogP contribution is -2.30. The van der Waals surface area contributed by atoms with E-state index in [-0.39, 0.29) is 24.9 Å². The lowest BCUT2D eigenvalue weighted by atomic mass is 10.0. The minimum atomic E-state index is -0.541. The Morgan fingerprint density at radius 3 is 2.76 bits per heavy atom. The number of nitrogens with one attached hydrogen (secondary N) is 1. The molecule has 0 radical (unpaired) electrons. The number of hydrogen-bond acceptors (Lipinski definition) is 5. The smallest absolute Gasteiger partial charge is 0.308 e. The summed E-state index contributed by atoms with van der Waals surface area (Å²) in [4.78, 5) is 28.4. The van der Waals surface area contributed by atoms with Crippen LogP contribution in [-0.2, 0) is 9.53 Å². The Morgan fingerprint density at radius 1 is 1.28 bits per heavy atom. The van der Waals surface area contributed by atoms with Crippen LogP contribution in [0.5, 0.6) is 5.75 Å². The Hall–Kier alpha value is -2.41. The maximum absolute atomic E-state index is 12.5. The quantitative estimate of drug-likeness (QED) is 0.713. The fourth-order valence-electron chi connectivity index (χ4n) is 2.27. The van der Waals surface area contributed by atoms with Gasteiger partial charge < -0.3 is 14.8 Å². The summed E-state index contributed by atoms with van der Waals surface area (Å²) >= 11 is 3.29. The summed E-state index contributed by atoms with van der Waals surface area (Å²) in [6.45, 7) is 2.03. The van der Waals surface area contributed by atoms with Crippen molar-refractivity contribution >= 4 is 27.8 Å². The number of esters is 1. The maximum atomic E-state index is 12.5. The van der Waals surface area contributed by atoms with E-state index in [9.17, 15) is 9.59 Å². The van der Waals surface area contributed by atoms with Crippen LogP contribution in [0.25, 0.3) is 0 Å². The number of pyridine rings is 1. The number of halogens is 1. The normalized spacial score (nSPS) is 11.5. The van der Waals surface area contributed by atoms with Crippen LogP contribution in [0.4, 0.5) is 0 Å². The highest BCUT2D eigenvalue weighted by Crippen LogP contribution is 2.23. The van der Waals surface area contributed by atoms with E-state index >= 15 is 0 Å². The molecule has 7 heteroatoms. The molecule has 0 aliphatic heterocycles. The Labute approximate surface area is 154 Å². The minimum Gasteiger partial charge on any atom is -0.497 e. The molecule has 1 aromatic heterocycles. The number of carbonyl (C=O) groups is 2. The van der Waals surface area contributed by atoms with Crippen LogP contribution in [0.1, 0.15) is 35.3 Å². The molecule has 2 aromatic rings. The van der Waals surface area contributed by atoms with Crippen LogP contribution in [0.3, 0.4) is 0 Å². The molecular formula is C18H19BrN2O4. The topological polar surface area (TPSA) is 77.5 Å². The molecule has 0 aliphatic carbocycles. The fourth-order valence-corrected chi connectivity index (χ4v) is 2.64. The van der Waals surface area contributed by atoms with Crippen molar-refractivity contribution in [1.82, 2.24) is 10.3 Å². The molecule has 1 amide bonds. The van der Waals surface area contributed by atoms with Gasteiger partial charge in [0.2, 0.25) is 0 Å². The molecular weight excluding hydrogens is 388 g/mol. The summed E-state index contributed by atoms with van der Waals surface area (Å²) in [6, 6.07) is 8.33. The largest absolute Gasteiger partial charge is 0.497 e. The summed E-state index contributed by atoms with van der Waals surface area (Å²) < 4.78 is 10.9. The van der Waals surface area contributed by atoms with Gasteiger partial charge in [-0.25, -0.2) is 0 Å². The van der Waals surface area contributed by atoms with Gasteiger partial charge in [0.1, 0.15) is 5.75 Å². The molecule has 0 fully saturated rings. The van der Waals surface area contributed by atoms with Crippen molar-refractivity contribution in [2.45, 2.75) is 19.4 Å². The third kappa shape index (κ3) is 5.56. The van der Waals surface area contributed by atoms with Gasteiger partial charge in [-0.1, -0.05) is 12.1 Å². The first-order valence-corrected chi connectivity index (χ1v) is 8.53. The van der Waals surface area contributed by atoms with Crippen LogP contribution >= 0.6 is 15.9 Å². The van der Waals surface area contributed by atoms with Gasteiger partial charge in [0.15, 0.2) is 0 Å². The Balaban J connectivity index is 2.24. The third-order valence-electron chi connectivity index (χ3n) is 3.44. The van der Waals surface area contributed by atoms with E-state index in [2.05, 4.69) is 26.2 Å². The molecule has 1 heterocycles. The average Bonchev–Trinajstić information content (AvgIpc) is 2.61. The second kappa shape index (κ2) is 9.17. The SMILES string of the molecule is CCOC(=O)CC(NC(=O)c1cncc(Br)c1)c1cccc(OC)c1. The van der Waals surface area contributed by atoms with Crippen molar-refractivity contribution in [3.8, 4) is 5.75 Å². The summed E-state index contributed by atoms with van der Waals surface area (Å²) in [7, 11) is 1.56. The number of aromatic nitrogens is 1. The molecule has 0 saturated carbocycles. The number of amides is 1. The van der Waals surface area contributed by atoms with Gasteiger partial charge in [-0.2, -0.15) is 0 Å². The average molecular weight is 407 g/mol. The number of methoxy groups -OCH3 is 1. The fraction of sp³-hybridized carbons (Fsp3) is 0.278. The van der Waals surface area contributed by atoms with E-state index < -0.39 is 6.04 Å². The molecule has 0 aliphatic rings. The molecule has 6 nitrogen and oxygen atoms in total. The summed E-state index contributed by atoms with van der Waals surface area (Å²) in [6.07, 6.45) is 3.08. The maximum Gasteiger partial charge on any atom is 0.308 e. The van der Waals surface area contributed by atoms with E-state index in [1.807, 2.05) is 6.07 Å². The predicted molar refractivity (Wildman–Crippen MR) is 96.4 cm³/mol.